The van der Waals surface area contributed by atoms with E-state index in [4.69, 9.17) is 0 Å². The van der Waals surface area contributed by atoms with Crippen molar-refractivity contribution < 1.29 is 4.39 Å². The van der Waals surface area contributed by atoms with Crippen molar-refractivity contribution in [3.63, 3.8) is 0 Å². The van der Waals surface area contributed by atoms with Gasteiger partial charge in [0, 0.05) is 31.5 Å². The molecule has 4 heteroatoms. The Bertz CT molecular complexity index is 623. The molecule has 0 aromatic heterocycles. The van der Waals surface area contributed by atoms with Gasteiger partial charge in [0.1, 0.15) is 5.82 Å². The minimum Gasteiger partial charge on any atom is -0.378 e. The highest BCUT2D eigenvalue weighted by Gasteiger charge is 2.10. The van der Waals surface area contributed by atoms with Crippen LogP contribution in [0.15, 0.2) is 40.9 Å². The molecule has 2 nitrogen and oxygen atoms in total. The van der Waals surface area contributed by atoms with Gasteiger partial charge in [0.2, 0.25) is 0 Å². The summed E-state index contributed by atoms with van der Waals surface area (Å²) in [6.45, 7) is 4.00. The van der Waals surface area contributed by atoms with E-state index in [9.17, 15) is 4.39 Å². The number of benzene rings is 2. The maximum atomic E-state index is 13.5. The number of nitrogens with zero attached hydrogens (tertiary/aromatic N) is 1. The van der Waals surface area contributed by atoms with Crippen molar-refractivity contribution in [1.82, 2.24) is 0 Å². The predicted molar refractivity (Wildman–Crippen MR) is 91.6 cm³/mol. The third-order valence-electron chi connectivity index (χ3n) is 3.55. The number of rotatable bonds is 4. The van der Waals surface area contributed by atoms with Gasteiger partial charge in [-0.2, -0.15) is 0 Å². The lowest BCUT2D eigenvalue weighted by atomic mass is 10.1. The summed E-state index contributed by atoms with van der Waals surface area (Å²) in [5, 5.41) is 3.43. The van der Waals surface area contributed by atoms with Crippen LogP contribution in [-0.4, -0.2) is 14.1 Å². The Morgan fingerprint density at radius 1 is 1.14 bits per heavy atom. The highest BCUT2D eigenvalue weighted by molar-refractivity contribution is 9.10. The van der Waals surface area contributed by atoms with E-state index in [1.165, 1.54) is 17.3 Å². The first kappa shape index (κ1) is 15.8. The van der Waals surface area contributed by atoms with Crippen LogP contribution < -0.4 is 10.2 Å². The summed E-state index contributed by atoms with van der Waals surface area (Å²) in [6.07, 6.45) is 0. The first-order valence-corrected chi connectivity index (χ1v) is 7.67. The van der Waals surface area contributed by atoms with E-state index in [1.54, 1.807) is 6.07 Å². The van der Waals surface area contributed by atoms with Crippen LogP contribution in [0.3, 0.4) is 0 Å². The van der Waals surface area contributed by atoms with Crippen molar-refractivity contribution in [2.24, 2.45) is 0 Å². The summed E-state index contributed by atoms with van der Waals surface area (Å²) in [5.74, 6) is -0.235. The van der Waals surface area contributed by atoms with Gasteiger partial charge in [-0.1, -0.05) is 12.1 Å². The average molecular weight is 351 g/mol. The number of nitrogens with one attached hydrogen (secondary N) is 1. The molecule has 0 bridgehead atoms. The van der Waals surface area contributed by atoms with Crippen molar-refractivity contribution >= 4 is 27.3 Å². The Labute approximate surface area is 134 Å². The molecule has 0 heterocycles. The molecule has 0 saturated heterocycles. The fourth-order valence-electron chi connectivity index (χ4n) is 2.18. The lowest BCUT2D eigenvalue weighted by Crippen LogP contribution is -2.10. The second-order valence-corrected chi connectivity index (χ2v) is 6.29. The Hall–Kier alpha value is -1.55. The zero-order chi connectivity index (χ0) is 15.6. The van der Waals surface area contributed by atoms with Gasteiger partial charge >= 0.3 is 0 Å². The lowest BCUT2D eigenvalue weighted by molar-refractivity contribution is 0.620. The Morgan fingerprint density at radius 2 is 1.76 bits per heavy atom. The minimum atomic E-state index is -0.235. The summed E-state index contributed by atoms with van der Waals surface area (Å²) < 4.78 is 13.9. The molecule has 1 unspecified atom stereocenters. The van der Waals surface area contributed by atoms with Crippen LogP contribution in [-0.2, 0) is 0 Å². The topological polar surface area (TPSA) is 15.3 Å². The van der Waals surface area contributed by atoms with Crippen LogP contribution in [0.1, 0.15) is 24.1 Å². The zero-order valence-corrected chi connectivity index (χ0v) is 14.3. The molecule has 1 N–H and O–H groups in total. The normalized spacial score (nSPS) is 12.1. The van der Waals surface area contributed by atoms with Crippen LogP contribution in [0.2, 0.25) is 0 Å². The molecule has 0 spiro atoms. The summed E-state index contributed by atoms with van der Waals surface area (Å²) in [7, 11) is 4.05. The molecule has 0 fully saturated rings. The second kappa shape index (κ2) is 6.48. The highest BCUT2D eigenvalue weighted by atomic mass is 79.9. The standard InChI is InChI=1S/C17H20BrFN2/c1-11-9-16(19)15(18)10-17(11)20-12(2)13-5-7-14(8-6-13)21(3)4/h5-10,12,20H,1-4H3. The summed E-state index contributed by atoms with van der Waals surface area (Å²) in [5.41, 5.74) is 4.20. The molecule has 2 aromatic rings. The fraction of sp³-hybridized carbons (Fsp3) is 0.294. The van der Waals surface area contributed by atoms with Gasteiger partial charge < -0.3 is 10.2 Å². The molecule has 0 amide bonds. The average Bonchev–Trinajstić information content (AvgIpc) is 2.44. The monoisotopic (exact) mass is 350 g/mol. The molecule has 112 valence electrons. The highest BCUT2D eigenvalue weighted by Crippen LogP contribution is 2.28. The van der Waals surface area contributed by atoms with Crippen LogP contribution in [0.5, 0.6) is 0 Å². The van der Waals surface area contributed by atoms with Crippen molar-refractivity contribution in [2.45, 2.75) is 19.9 Å². The number of hydrogen-bond donors (Lipinski definition) is 1. The zero-order valence-electron chi connectivity index (χ0n) is 12.7. The van der Waals surface area contributed by atoms with Crippen LogP contribution in [0.25, 0.3) is 0 Å². The maximum absolute atomic E-state index is 13.5. The summed E-state index contributed by atoms with van der Waals surface area (Å²) >= 11 is 3.23. The Kier molecular flexibility index (Phi) is 4.88. The molecule has 2 rings (SSSR count). The molecule has 0 aliphatic heterocycles. The SMILES string of the molecule is Cc1cc(F)c(Br)cc1NC(C)c1ccc(N(C)C)cc1. The minimum absolute atomic E-state index is 0.150. The van der Waals surface area contributed by atoms with Gasteiger partial charge in [0.25, 0.3) is 0 Å². The number of aryl methyl sites for hydroxylation is 1. The van der Waals surface area contributed by atoms with Crippen molar-refractivity contribution in [1.29, 1.82) is 0 Å². The van der Waals surface area contributed by atoms with E-state index in [2.05, 4.69) is 57.3 Å². The summed E-state index contributed by atoms with van der Waals surface area (Å²) in [6, 6.07) is 11.9. The van der Waals surface area contributed by atoms with Crippen molar-refractivity contribution in [3.05, 3.63) is 57.8 Å². The Morgan fingerprint density at radius 3 is 2.33 bits per heavy atom. The quantitative estimate of drug-likeness (QED) is 0.821. The van der Waals surface area contributed by atoms with Gasteiger partial charge in [0.15, 0.2) is 0 Å². The third-order valence-corrected chi connectivity index (χ3v) is 4.16. The molecule has 0 aliphatic carbocycles. The van der Waals surface area contributed by atoms with Gasteiger partial charge in [-0.05, 0) is 65.2 Å². The molecule has 0 aliphatic rings. The predicted octanol–water partition coefficient (Wildman–Crippen LogP) is 5.14. The maximum Gasteiger partial charge on any atom is 0.137 e. The van der Waals surface area contributed by atoms with Gasteiger partial charge in [-0.15, -0.1) is 0 Å². The number of halogens is 2. The molecule has 0 radical (unpaired) electrons. The fourth-order valence-corrected chi connectivity index (χ4v) is 2.52. The molecular weight excluding hydrogens is 331 g/mol. The molecule has 21 heavy (non-hydrogen) atoms. The first-order chi connectivity index (χ1) is 9.88. The van der Waals surface area contributed by atoms with Crippen LogP contribution >= 0.6 is 15.9 Å². The van der Waals surface area contributed by atoms with Crippen LogP contribution in [0, 0.1) is 12.7 Å². The lowest BCUT2D eigenvalue weighted by Gasteiger charge is -2.19. The van der Waals surface area contributed by atoms with E-state index in [-0.39, 0.29) is 11.9 Å². The number of hydrogen-bond acceptors (Lipinski definition) is 2. The number of anilines is 2. The van der Waals surface area contributed by atoms with Gasteiger partial charge in [0.05, 0.1) is 4.47 Å². The van der Waals surface area contributed by atoms with E-state index < -0.39 is 0 Å². The third kappa shape index (κ3) is 3.76. The molecule has 1 atom stereocenters. The second-order valence-electron chi connectivity index (χ2n) is 5.43. The van der Waals surface area contributed by atoms with Crippen molar-refractivity contribution in [3.8, 4) is 0 Å². The molecule has 0 saturated carbocycles. The molecule has 2 aromatic carbocycles. The molecular formula is C17H20BrFN2. The van der Waals surface area contributed by atoms with Gasteiger partial charge in [-0.25, -0.2) is 4.39 Å². The van der Waals surface area contributed by atoms with Crippen LogP contribution in [0.4, 0.5) is 15.8 Å². The van der Waals surface area contributed by atoms with E-state index in [1.807, 2.05) is 21.0 Å². The first-order valence-electron chi connectivity index (χ1n) is 6.88. The summed E-state index contributed by atoms with van der Waals surface area (Å²) in [4.78, 5) is 2.07. The largest absolute Gasteiger partial charge is 0.378 e. The van der Waals surface area contributed by atoms with E-state index in [0.29, 0.717) is 4.47 Å². The van der Waals surface area contributed by atoms with E-state index in [0.717, 1.165) is 11.3 Å². The Balaban J connectivity index is 2.17. The van der Waals surface area contributed by atoms with E-state index >= 15 is 0 Å². The van der Waals surface area contributed by atoms with Gasteiger partial charge in [-0.3, -0.25) is 0 Å². The smallest absolute Gasteiger partial charge is 0.137 e. The van der Waals surface area contributed by atoms with Crippen molar-refractivity contribution in [2.75, 3.05) is 24.3 Å².